The van der Waals surface area contributed by atoms with Crippen LogP contribution >= 0.6 is 0 Å². The second-order valence-electron chi connectivity index (χ2n) is 3.31. The number of benzene rings is 2. The van der Waals surface area contributed by atoms with Crippen molar-refractivity contribution in [2.45, 2.75) is 0 Å². The van der Waals surface area contributed by atoms with E-state index in [9.17, 15) is 0 Å². The summed E-state index contributed by atoms with van der Waals surface area (Å²) in [6.07, 6.45) is 1.88. The van der Waals surface area contributed by atoms with E-state index in [2.05, 4.69) is 43.0 Å². The van der Waals surface area contributed by atoms with E-state index in [1.807, 2.05) is 6.08 Å². The predicted molar refractivity (Wildman–Crippen MR) is 63.6 cm³/mol. The standard InChI is InChI=1S/C12H12Si/c1-2-9-3-4-11-8-12(13)6-5-10(11)7-9/h2-8H,1H2,13H3. The Morgan fingerprint density at radius 2 is 1.69 bits per heavy atom. The van der Waals surface area contributed by atoms with Crippen molar-refractivity contribution < 1.29 is 0 Å². The quantitative estimate of drug-likeness (QED) is 0.589. The molecule has 0 heterocycles. The topological polar surface area (TPSA) is 0 Å². The SMILES string of the molecule is C=Cc1ccc2cc([SiH3])ccc2c1. The van der Waals surface area contributed by atoms with Crippen molar-refractivity contribution in [2.24, 2.45) is 0 Å². The summed E-state index contributed by atoms with van der Waals surface area (Å²) >= 11 is 0. The smallest absolute Gasteiger partial charge is 0.0385 e. The molecule has 0 N–H and O–H groups in total. The molecule has 64 valence electrons. The van der Waals surface area contributed by atoms with E-state index in [-0.39, 0.29) is 0 Å². The third-order valence-corrected chi connectivity index (χ3v) is 2.88. The van der Waals surface area contributed by atoms with Crippen LogP contribution in [0, 0.1) is 0 Å². The average molecular weight is 184 g/mol. The molecule has 0 aliphatic heterocycles. The zero-order valence-electron chi connectivity index (χ0n) is 7.75. The molecule has 0 radical (unpaired) electrons. The van der Waals surface area contributed by atoms with E-state index in [0.29, 0.717) is 0 Å². The third-order valence-electron chi connectivity index (χ3n) is 2.26. The summed E-state index contributed by atoms with van der Waals surface area (Å²) in [5.74, 6) is 0. The van der Waals surface area contributed by atoms with Crippen LogP contribution in [0.5, 0.6) is 0 Å². The molecule has 0 fully saturated rings. The molecule has 0 bridgehead atoms. The van der Waals surface area contributed by atoms with Crippen molar-refractivity contribution in [1.29, 1.82) is 0 Å². The Hall–Kier alpha value is -1.34. The Labute approximate surface area is 81.3 Å². The van der Waals surface area contributed by atoms with Crippen molar-refractivity contribution in [2.75, 3.05) is 0 Å². The largest absolute Gasteiger partial charge is 0.0985 e. The highest BCUT2D eigenvalue weighted by molar-refractivity contribution is 6.33. The van der Waals surface area contributed by atoms with E-state index in [1.54, 1.807) is 0 Å². The summed E-state index contributed by atoms with van der Waals surface area (Å²) in [6, 6.07) is 13.1. The van der Waals surface area contributed by atoms with Crippen LogP contribution in [0.15, 0.2) is 43.0 Å². The Morgan fingerprint density at radius 3 is 2.46 bits per heavy atom. The highest BCUT2D eigenvalue weighted by atomic mass is 28.1. The first kappa shape index (κ1) is 8.26. The lowest BCUT2D eigenvalue weighted by Crippen LogP contribution is -1.99. The molecule has 0 nitrogen and oxygen atoms in total. The molecule has 0 saturated carbocycles. The first-order chi connectivity index (χ1) is 6.29. The zero-order chi connectivity index (χ0) is 9.26. The maximum Gasteiger partial charge on any atom is 0.0385 e. The molecular weight excluding hydrogens is 172 g/mol. The fourth-order valence-electron chi connectivity index (χ4n) is 1.51. The first-order valence-corrected chi connectivity index (χ1v) is 5.42. The van der Waals surface area contributed by atoms with Crippen molar-refractivity contribution in [1.82, 2.24) is 0 Å². The van der Waals surface area contributed by atoms with Gasteiger partial charge in [0, 0.05) is 10.2 Å². The number of fused-ring (bicyclic) bond motifs is 1. The Bertz CT molecular complexity index is 458. The Morgan fingerprint density at radius 1 is 1.00 bits per heavy atom. The van der Waals surface area contributed by atoms with Crippen LogP contribution in [0.1, 0.15) is 5.56 Å². The molecule has 13 heavy (non-hydrogen) atoms. The molecule has 0 aliphatic rings. The van der Waals surface area contributed by atoms with Crippen molar-refractivity contribution in [3.63, 3.8) is 0 Å². The van der Waals surface area contributed by atoms with Gasteiger partial charge in [-0.15, -0.1) is 0 Å². The van der Waals surface area contributed by atoms with E-state index in [0.717, 1.165) is 10.2 Å². The lowest BCUT2D eigenvalue weighted by atomic mass is 10.1. The third kappa shape index (κ3) is 1.56. The van der Waals surface area contributed by atoms with Gasteiger partial charge in [-0.3, -0.25) is 0 Å². The summed E-state index contributed by atoms with van der Waals surface area (Å²) in [7, 11) is 1.12. The van der Waals surface area contributed by atoms with Crippen LogP contribution in [0.2, 0.25) is 0 Å². The van der Waals surface area contributed by atoms with Gasteiger partial charge >= 0.3 is 0 Å². The number of rotatable bonds is 1. The normalized spacial score (nSPS) is 10.5. The zero-order valence-corrected chi connectivity index (χ0v) is 9.75. The Balaban J connectivity index is 2.73. The maximum atomic E-state index is 3.76. The van der Waals surface area contributed by atoms with Gasteiger partial charge in [0.1, 0.15) is 0 Å². The lowest BCUT2D eigenvalue weighted by Gasteiger charge is -2.00. The minimum Gasteiger partial charge on any atom is -0.0985 e. The van der Waals surface area contributed by atoms with Gasteiger partial charge in [0.25, 0.3) is 0 Å². The highest BCUT2D eigenvalue weighted by Gasteiger charge is 1.93. The van der Waals surface area contributed by atoms with Gasteiger partial charge < -0.3 is 0 Å². The summed E-state index contributed by atoms with van der Waals surface area (Å²) in [4.78, 5) is 0. The summed E-state index contributed by atoms with van der Waals surface area (Å²) < 4.78 is 0. The average Bonchev–Trinajstić information content (AvgIpc) is 2.17. The molecule has 0 amide bonds. The Kier molecular flexibility index (Phi) is 2.03. The minimum absolute atomic E-state index is 1.12. The second-order valence-corrected chi connectivity index (χ2v) is 4.47. The van der Waals surface area contributed by atoms with Crippen LogP contribution in [0.4, 0.5) is 0 Å². The number of hydrogen-bond donors (Lipinski definition) is 0. The van der Waals surface area contributed by atoms with Gasteiger partial charge in [-0.25, -0.2) is 0 Å². The summed E-state index contributed by atoms with van der Waals surface area (Å²) in [5.41, 5.74) is 1.19. The van der Waals surface area contributed by atoms with Crippen molar-refractivity contribution >= 4 is 32.3 Å². The lowest BCUT2D eigenvalue weighted by molar-refractivity contribution is 1.73. The van der Waals surface area contributed by atoms with Crippen LogP contribution in [0.25, 0.3) is 16.8 Å². The van der Waals surface area contributed by atoms with Gasteiger partial charge in [-0.1, -0.05) is 48.2 Å². The molecule has 0 unspecified atom stereocenters. The van der Waals surface area contributed by atoms with Gasteiger partial charge in [-0.05, 0) is 22.4 Å². The molecule has 2 rings (SSSR count). The van der Waals surface area contributed by atoms with Crippen LogP contribution < -0.4 is 5.19 Å². The molecule has 0 atom stereocenters. The monoisotopic (exact) mass is 184 g/mol. The van der Waals surface area contributed by atoms with Gasteiger partial charge in [0.05, 0.1) is 0 Å². The second kappa shape index (κ2) is 3.19. The van der Waals surface area contributed by atoms with E-state index < -0.39 is 0 Å². The molecule has 0 saturated heterocycles. The number of hydrogen-bond acceptors (Lipinski definition) is 0. The minimum atomic E-state index is 1.12. The van der Waals surface area contributed by atoms with Crippen LogP contribution in [-0.2, 0) is 0 Å². The van der Waals surface area contributed by atoms with Gasteiger partial charge in [-0.2, -0.15) is 0 Å². The highest BCUT2D eigenvalue weighted by Crippen LogP contribution is 2.14. The fourth-order valence-corrected chi connectivity index (χ4v) is 1.99. The van der Waals surface area contributed by atoms with Crippen LogP contribution in [0.3, 0.4) is 0 Å². The molecule has 0 aromatic heterocycles. The predicted octanol–water partition coefficient (Wildman–Crippen LogP) is 1.47. The van der Waals surface area contributed by atoms with Crippen molar-refractivity contribution in [3.8, 4) is 0 Å². The summed E-state index contributed by atoms with van der Waals surface area (Å²) in [5, 5.41) is 4.08. The molecule has 2 aromatic rings. The molecule has 1 heteroatoms. The molecule has 2 aromatic carbocycles. The molecular formula is C12H12Si. The fraction of sp³-hybridized carbons (Fsp3) is 0. The van der Waals surface area contributed by atoms with E-state index in [4.69, 9.17) is 0 Å². The molecule has 0 aliphatic carbocycles. The first-order valence-electron chi connectivity index (χ1n) is 4.42. The van der Waals surface area contributed by atoms with Gasteiger partial charge in [0.15, 0.2) is 0 Å². The van der Waals surface area contributed by atoms with Crippen LogP contribution in [-0.4, -0.2) is 10.2 Å². The van der Waals surface area contributed by atoms with Crippen molar-refractivity contribution in [3.05, 3.63) is 48.5 Å². The summed E-state index contributed by atoms with van der Waals surface area (Å²) in [6.45, 7) is 3.76. The van der Waals surface area contributed by atoms with E-state index in [1.165, 1.54) is 21.5 Å². The molecule has 0 spiro atoms. The maximum absolute atomic E-state index is 3.76. The van der Waals surface area contributed by atoms with Gasteiger partial charge in [0.2, 0.25) is 0 Å². The van der Waals surface area contributed by atoms with E-state index >= 15 is 0 Å².